The molecule has 4 heteroatoms. The van der Waals surface area contributed by atoms with Crippen molar-refractivity contribution in [1.29, 1.82) is 0 Å². The number of hydrogen-bond acceptors (Lipinski definition) is 2. The molecule has 2 atom stereocenters. The number of quaternary nitrogens is 1. The second-order valence-corrected chi connectivity index (χ2v) is 7.30. The number of benzene rings is 2. The standard InChI is InChI=1S/C20H26NO2.HI/c1-16-19(15-21(2,3)4)23-20(22-16,17-11-7-5-8-12-17)18-13-9-6-10-14-18;/h5-14,16,19H,15H2,1-4H3;1H/q+1;/p-1/t16-,19+;/m0./s1. The number of likely N-dealkylation sites (N-methyl/N-ethyl adjacent to an activating group) is 1. The van der Waals surface area contributed by atoms with Crippen molar-refractivity contribution in [2.45, 2.75) is 24.9 Å². The Hall–Kier alpha value is -0.950. The Bertz CT molecular complexity index is 600. The first-order valence-electron chi connectivity index (χ1n) is 8.18. The molecule has 0 amide bonds. The summed E-state index contributed by atoms with van der Waals surface area (Å²) in [6.45, 7) is 3.01. The molecule has 2 aromatic carbocycles. The highest BCUT2D eigenvalue weighted by molar-refractivity contribution is 5.34. The summed E-state index contributed by atoms with van der Waals surface area (Å²) in [6, 6.07) is 20.5. The van der Waals surface area contributed by atoms with Crippen molar-refractivity contribution < 1.29 is 37.9 Å². The van der Waals surface area contributed by atoms with E-state index >= 15 is 0 Å². The first-order valence-corrected chi connectivity index (χ1v) is 8.18. The summed E-state index contributed by atoms with van der Waals surface area (Å²) in [5, 5.41) is 0. The fourth-order valence-corrected chi connectivity index (χ4v) is 3.15. The molecule has 1 heterocycles. The van der Waals surface area contributed by atoms with Crippen LogP contribution >= 0.6 is 0 Å². The normalized spacial score (nSPS) is 22.8. The molecule has 1 fully saturated rings. The average Bonchev–Trinajstić information content (AvgIpc) is 2.85. The van der Waals surface area contributed by atoms with Gasteiger partial charge in [0.1, 0.15) is 12.6 Å². The number of rotatable bonds is 4. The molecular weight excluding hydrogens is 413 g/mol. The molecule has 0 bridgehead atoms. The SMILES string of the molecule is C[C@@H]1OC(c2ccccc2)(c2ccccc2)O[C@@H]1C[N+](C)(C)C.[I-]. The summed E-state index contributed by atoms with van der Waals surface area (Å²) in [7, 11) is 6.54. The third kappa shape index (κ3) is 3.99. The minimum atomic E-state index is -0.818. The van der Waals surface area contributed by atoms with E-state index in [4.69, 9.17) is 9.47 Å². The second-order valence-electron chi connectivity index (χ2n) is 7.30. The van der Waals surface area contributed by atoms with Crippen LogP contribution in [0.1, 0.15) is 18.1 Å². The smallest absolute Gasteiger partial charge is 0.223 e. The number of halogens is 1. The molecule has 0 radical (unpaired) electrons. The number of hydrogen-bond donors (Lipinski definition) is 0. The van der Waals surface area contributed by atoms with Gasteiger partial charge in [-0.05, 0) is 6.92 Å². The van der Waals surface area contributed by atoms with Gasteiger partial charge in [0.25, 0.3) is 0 Å². The Kier molecular flexibility index (Phi) is 6.07. The lowest BCUT2D eigenvalue weighted by molar-refractivity contribution is -0.873. The van der Waals surface area contributed by atoms with Crippen LogP contribution in [0.3, 0.4) is 0 Å². The van der Waals surface area contributed by atoms with Crippen molar-refractivity contribution in [3.05, 3.63) is 71.8 Å². The molecular formula is C20H26INO2. The van der Waals surface area contributed by atoms with E-state index in [-0.39, 0.29) is 36.2 Å². The van der Waals surface area contributed by atoms with Crippen LogP contribution in [-0.2, 0) is 15.3 Å². The van der Waals surface area contributed by atoms with Gasteiger partial charge in [-0.3, -0.25) is 0 Å². The molecule has 1 saturated heterocycles. The summed E-state index contributed by atoms with van der Waals surface area (Å²) in [6.07, 6.45) is 0.0863. The predicted molar refractivity (Wildman–Crippen MR) is 92.0 cm³/mol. The molecule has 3 nitrogen and oxygen atoms in total. The van der Waals surface area contributed by atoms with Crippen molar-refractivity contribution in [2.75, 3.05) is 27.7 Å². The van der Waals surface area contributed by atoms with E-state index < -0.39 is 5.79 Å². The summed E-state index contributed by atoms with van der Waals surface area (Å²) < 4.78 is 13.9. The van der Waals surface area contributed by atoms with Crippen LogP contribution < -0.4 is 24.0 Å². The van der Waals surface area contributed by atoms with Crippen molar-refractivity contribution in [3.8, 4) is 0 Å². The van der Waals surface area contributed by atoms with Gasteiger partial charge in [-0.25, -0.2) is 0 Å². The molecule has 3 rings (SSSR count). The third-order valence-corrected chi connectivity index (χ3v) is 4.23. The quantitative estimate of drug-likeness (QED) is 0.508. The Labute approximate surface area is 162 Å². The third-order valence-electron chi connectivity index (χ3n) is 4.23. The molecule has 130 valence electrons. The molecule has 0 unspecified atom stereocenters. The topological polar surface area (TPSA) is 18.5 Å². The van der Waals surface area contributed by atoms with Gasteiger partial charge in [0.05, 0.1) is 27.2 Å². The maximum Gasteiger partial charge on any atom is 0.223 e. The van der Waals surface area contributed by atoms with Gasteiger partial charge in [-0.1, -0.05) is 60.7 Å². The van der Waals surface area contributed by atoms with Gasteiger partial charge in [0.2, 0.25) is 5.79 Å². The summed E-state index contributed by atoms with van der Waals surface area (Å²) in [4.78, 5) is 0. The fraction of sp³-hybridized carbons (Fsp3) is 0.400. The monoisotopic (exact) mass is 439 g/mol. The lowest BCUT2D eigenvalue weighted by atomic mass is 9.97. The van der Waals surface area contributed by atoms with Crippen molar-refractivity contribution in [1.82, 2.24) is 0 Å². The van der Waals surface area contributed by atoms with E-state index in [9.17, 15) is 0 Å². The summed E-state index contributed by atoms with van der Waals surface area (Å²) in [5.74, 6) is -0.818. The first kappa shape index (κ1) is 19.4. The van der Waals surface area contributed by atoms with Crippen LogP contribution in [0, 0.1) is 0 Å². The zero-order valence-corrected chi connectivity index (χ0v) is 16.9. The van der Waals surface area contributed by atoms with Gasteiger partial charge in [0.15, 0.2) is 0 Å². The minimum Gasteiger partial charge on any atom is -1.00 e. The highest BCUT2D eigenvalue weighted by atomic mass is 127. The molecule has 0 N–H and O–H groups in total. The number of nitrogens with zero attached hydrogens (tertiary/aromatic N) is 1. The van der Waals surface area contributed by atoms with E-state index in [0.717, 1.165) is 22.2 Å². The Morgan fingerprint density at radius 2 is 1.29 bits per heavy atom. The lowest BCUT2D eigenvalue weighted by Gasteiger charge is -2.31. The molecule has 0 aromatic heterocycles. The largest absolute Gasteiger partial charge is 1.00 e. The van der Waals surface area contributed by atoms with Crippen LogP contribution in [0.5, 0.6) is 0 Å². The minimum absolute atomic E-state index is 0. The molecule has 0 saturated carbocycles. The highest BCUT2D eigenvalue weighted by Crippen LogP contribution is 2.43. The average molecular weight is 439 g/mol. The first-order chi connectivity index (χ1) is 10.9. The van der Waals surface area contributed by atoms with Crippen LogP contribution in [-0.4, -0.2) is 44.4 Å². The molecule has 0 spiro atoms. The van der Waals surface area contributed by atoms with Crippen LogP contribution in [0.2, 0.25) is 0 Å². The summed E-state index contributed by atoms with van der Waals surface area (Å²) in [5.41, 5.74) is 2.09. The van der Waals surface area contributed by atoms with Gasteiger partial charge >= 0.3 is 0 Å². The van der Waals surface area contributed by atoms with Gasteiger partial charge in [-0.2, -0.15) is 0 Å². The van der Waals surface area contributed by atoms with E-state index in [1.165, 1.54) is 0 Å². The van der Waals surface area contributed by atoms with E-state index in [1.807, 2.05) is 36.4 Å². The van der Waals surface area contributed by atoms with Crippen molar-refractivity contribution in [3.63, 3.8) is 0 Å². The zero-order valence-electron chi connectivity index (χ0n) is 14.8. The molecule has 0 aliphatic carbocycles. The van der Waals surface area contributed by atoms with Crippen LogP contribution in [0.4, 0.5) is 0 Å². The van der Waals surface area contributed by atoms with Crippen LogP contribution in [0.25, 0.3) is 0 Å². The predicted octanol–water partition coefficient (Wildman–Crippen LogP) is 0.402. The molecule has 1 aliphatic rings. The van der Waals surface area contributed by atoms with E-state index in [1.54, 1.807) is 0 Å². The van der Waals surface area contributed by atoms with E-state index in [0.29, 0.717) is 0 Å². The maximum absolute atomic E-state index is 6.57. The molecule has 2 aromatic rings. The van der Waals surface area contributed by atoms with Gasteiger partial charge in [0, 0.05) is 11.1 Å². The second kappa shape index (κ2) is 7.52. The van der Waals surface area contributed by atoms with Gasteiger partial charge in [-0.15, -0.1) is 0 Å². The lowest BCUT2D eigenvalue weighted by Crippen LogP contribution is -3.00. The summed E-state index contributed by atoms with van der Waals surface area (Å²) >= 11 is 0. The number of ether oxygens (including phenoxy) is 2. The van der Waals surface area contributed by atoms with Crippen molar-refractivity contribution in [2.24, 2.45) is 0 Å². The maximum atomic E-state index is 6.57. The van der Waals surface area contributed by atoms with Gasteiger partial charge < -0.3 is 37.9 Å². The fourth-order valence-electron chi connectivity index (χ4n) is 3.15. The molecule has 1 aliphatic heterocycles. The Morgan fingerprint density at radius 1 is 0.833 bits per heavy atom. The Balaban J connectivity index is 0.00000208. The van der Waals surface area contributed by atoms with E-state index in [2.05, 4.69) is 52.3 Å². The van der Waals surface area contributed by atoms with Crippen molar-refractivity contribution >= 4 is 0 Å². The Morgan fingerprint density at radius 3 is 1.71 bits per heavy atom. The zero-order chi connectivity index (χ0) is 16.5. The van der Waals surface area contributed by atoms with Crippen LogP contribution in [0.15, 0.2) is 60.7 Å². The highest BCUT2D eigenvalue weighted by Gasteiger charge is 2.49. The molecule has 24 heavy (non-hydrogen) atoms.